The van der Waals surface area contributed by atoms with Gasteiger partial charge < -0.3 is 47.4 Å². The fraction of sp³-hybridized carbons (Fsp3) is 0.277. The lowest BCUT2D eigenvalue weighted by Gasteiger charge is -2.09. The summed E-state index contributed by atoms with van der Waals surface area (Å²) in [6.07, 6.45) is 6.69. The minimum absolute atomic E-state index is 0.409. The summed E-state index contributed by atoms with van der Waals surface area (Å²) in [4.78, 5) is 8.93. The quantitative estimate of drug-likeness (QED) is 0.147. The summed E-state index contributed by atoms with van der Waals surface area (Å²) in [5, 5.41) is 0. The first-order valence-corrected chi connectivity index (χ1v) is 19.3. The topological polar surface area (TPSA) is 118 Å². The van der Waals surface area contributed by atoms with Crippen LogP contribution in [0.25, 0.3) is 0 Å². The number of aromatic nitrogens is 2. The van der Waals surface area contributed by atoms with Crippen LogP contribution in [0.5, 0.6) is 34.5 Å². The average Bonchev–Trinajstić information content (AvgIpc) is 3.27. The van der Waals surface area contributed by atoms with Gasteiger partial charge in [0.05, 0.1) is 84.7 Å². The van der Waals surface area contributed by atoms with Crippen molar-refractivity contribution in [2.24, 2.45) is 0 Å². The first-order valence-electron chi connectivity index (χ1n) is 19.3. The van der Waals surface area contributed by atoms with Gasteiger partial charge in [-0.25, -0.2) is 9.97 Å². The van der Waals surface area contributed by atoms with Gasteiger partial charge in [0, 0.05) is 11.1 Å². The Morgan fingerprint density at radius 2 is 0.780 bits per heavy atom. The van der Waals surface area contributed by atoms with E-state index in [0.29, 0.717) is 132 Å². The number of benzene rings is 3. The van der Waals surface area contributed by atoms with Crippen molar-refractivity contribution < 1.29 is 47.4 Å². The van der Waals surface area contributed by atoms with E-state index in [4.69, 9.17) is 47.4 Å². The number of pyridine rings is 2. The van der Waals surface area contributed by atoms with Gasteiger partial charge in [0.2, 0.25) is 0 Å². The van der Waals surface area contributed by atoms with Crippen molar-refractivity contribution in [2.45, 2.75) is 0 Å². The van der Waals surface area contributed by atoms with Crippen LogP contribution in [0.3, 0.4) is 0 Å². The van der Waals surface area contributed by atoms with Gasteiger partial charge in [-0.2, -0.15) is 0 Å². The SMILES string of the molecule is C1#Cc2ccccc2C#Cc2ccc(cn2)Oc2ccc(cc2)OCCOCCOCCOCC=COCCOCCOCCOc2ccc(cc2)Oc2ccc1nc2. The molecule has 59 heavy (non-hydrogen) atoms. The van der Waals surface area contributed by atoms with Gasteiger partial charge in [0.1, 0.15) is 65.7 Å². The average molecular weight is 799 g/mol. The van der Waals surface area contributed by atoms with E-state index >= 15 is 0 Å². The molecule has 5 aromatic rings. The fourth-order valence-electron chi connectivity index (χ4n) is 5.11. The smallest absolute Gasteiger partial charge is 0.145 e. The lowest BCUT2D eigenvalue weighted by molar-refractivity contribution is 0.0129. The van der Waals surface area contributed by atoms with E-state index in [0.717, 1.165) is 11.1 Å². The van der Waals surface area contributed by atoms with Crippen molar-refractivity contribution in [1.29, 1.82) is 0 Å². The lowest BCUT2D eigenvalue weighted by Crippen LogP contribution is -2.12. The fourth-order valence-corrected chi connectivity index (χ4v) is 5.11. The number of hydrogen-bond donors (Lipinski definition) is 0. The molecule has 0 saturated heterocycles. The molecule has 5 aliphatic heterocycles. The van der Waals surface area contributed by atoms with Crippen LogP contribution < -0.4 is 18.9 Å². The number of rotatable bonds is 0. The van der Waals surface area contributed by atoms with Crippen molar-refractivity contribution in [3.63, 3.8) is 0 Å². The number of ether oxygens (including phenoxy) is 10. The monoisotopic (exact) mass is 798 g/mol. The molecular weight excluding hydrogens is 753 g/mol. The van der Waals surface area contributed by atoms with Gasteiger partial charge in [0.15, 0.2) is 0 Å². The molecule has 12 heteroatoms. The maximum absolute atomic E-state index is 5.97. The number of fused-ring (bicyclic) bond motifs is 4. The highest BCUT2D eigenvalue weighted by atomic mass is 16.6. The van der Waals surface area contributed by atoms with E-state index in [1.165, 1.54) is 0 Å². The lowest BCUT2D eigenvalue weighted by atomic mass is 10.1. The predicted octanol–water partition coefficient (Wildman–Crippen LogP) is 7.25. The first-order chi connectivity index (χ1) is 29.3. The summed E-state index contributed by atoms with van der Waals surface area (Å²) in [6, 6.07) is 29.7. The Hall–Kier alpha value is -6.38. The molecule has 0 unspecified atom stereocenters. The third-order valence-corrected chi connectivity index (χ3v) is 8.03. The summed E-state index contributed by atoms with van der Waals surface area (Å²) < 4.78 is 56.7. The molecule has 0 N–H and O–H groups in total. The summed E-state index contributed by atoms with van der Waals surface area (Å²) in [7, 11) is 0. The first kappa shape index (κ1) is 42.2. The van der Waals surface area contributed by atoms with Gasteiger partial charge in [-0.1, -0.05) is 24.0 Å². The maximum atomic E-state index is 5.97. The second-order valence-electron chi connectivity index (χ2n) is 12.4. The van der Waals surface area contributed by atoms with Crippen LogP contribution in [0.2, 0.25) is 0 Å². The molecule has 0 amide bonds. The van der Waals surface area contributed by atoms with E-state index < -0.39 is 0 Å². The molecule has 0 saturated carbocycles. The van der Waals surface area contributed by atoms with Crippen LogP contribution in [0.1, 0.15) is 22.5 Å². The molecule has 5 aliphatic rings. The van der Waals surface area contributed by atoms with Crippen LogP contribution in [0, 0.1) is 23.7 Å². The molecule has 7 heterocycles. The van der Waals surface area contributed by atoms with Gasteiger partial charge in [0.25, 0.3) is 0 Å². The van der Waals surface area contributed by atoms with Crippen molar-refractivity contribution in [3.8, 4) is 58.2 Å². The Bertz CT molecular complexity index is 2120. The molecule has 2 aromatic heterocycles. The Kier molecular flexibility index (Phi) is 18.0. The van der Waals surface area contributed by atoms with Crippen molar-refractivity contribution in [2.75, 3.05) is 85.9 Å². The normalized spacial score (nSPS) is 15.5. The highest BCUT2D eigenvalue weighted by Crippen LogP contribution is 2.25. The summed E-state index contributed by atoms with van der Waals surface area (Å²) in [6.45, 7) is 5.82. The molecule has 304 valence electrons. The molecule has 0 radical (unpaired) electrons. The Balaban J connectivity index is 1.01. The zero-order valence-electron chi connectivity index (χ0n) is 32.7. The number of nitrogens with zero attached hydrogens (tertiary/aromatic N) is 2. The second-order valence-corrected chi connectivity index (χ2v) is 12.4. The van der Waals surface area contributed by atoms with Gasteiger partial charge in [-0.15, -0.1) is 0 Å². The van der Waals surface area contributed by atoms with Gasteiger partial charge in [-0.3, -0.25) is 0 Å². The van der Waals surface area contributed by atoms with Crippen molar-refractivity contribution >= 4 is 0 Å². The van der Waals surface area contributed by atoms with Crippen LogP contribution >= 0.6 is 0 Å². The third-order valence-electron chi connectivity index (χ3n) is 8.03. The van der Waals surface area contributed by atoms with E-state index in [9.17, 15) is 0 Å². The van der Waals surface area contributed by atoms with Gasteiger partial charge in [-0.05, 0) is 103 Å². The third kappa shape index (κ3) is 16.2. The predicted molar refractivity (Wildman–Crippen MR) is 220 cm³/mol. The van der Waals surface area contributed by atoms with E-state index in [1.807, 2.05) is 97.1 Å². The molecule has 0 fully saturated rings. The van der Waals surface area contributed by atoms with Crippen LogP contribution in [0.15, 0.2) is 122 Å². The maximum Gasteiger partial charge on any atom is 0.145 e. The Morgan fingerprint density at radius 1 is 0.373 bits per heavy atom. The van der Waals surface area contributed by atoms with Crippen molar-refractivity contribution in [1.82, 2.24) is 9.97 Å². The Morgan fingerprint density at radius 3 is 1.24 bits per heavy atom. The highest BCUT2D eigenvalue weighted by molar-refractivity contribution is 5.53. The minimum atomic E-state index is 0.409. The Labute approximate surface area is 344 Å². The van der Waals surface area contributed by atoms with E-state index in [-0.39, 0.29) is 0 Å². The molecule has 0 spiro atoms. The number of hydrogen-bond acceptors (Lipinski definition) is 12. The molecule has 0 aliphatic carbocycles. The van der Waals surface area contributed by atoms with E-state index in [1.54, 1.807) is 24.7 Å². The minimum Gasteiger partial charge on any atom is -0.499 e. The molecule has 3 aromatic carbocycles. The molecule has 12 nitrogen and oxygen atoms in total. The van der Waals surface area contributed by atoms with Crippen LogP contribution in [0.4, 0.5) is 0 Å². The summed E-state index contributed by atoms with van der Waals surface area (Å²) in [5.74, 6) is 16.6. The zero-order chi connectivity index (χ0) is 40.4. The largest absolute Gasteiger partial charge is 0.499 e. The van der Waals surface area contributed by atoms with Crippen LogP contribution in [-0.2, 0) is 28.4 Å². The summed E-state index contributed by atoms with van der Waals surface area (Å²) in [5.41, 5.74) is 2.76. The van der Waals surface area contributed by atoms with Crippen LogP contribution in [-0.4, -0.2) is 95.9 Å². The molecule has 0 atom stereocenters. The standard InChI is InChI=1S/C47H46N2O10/c1-2-5-39-7-9-41-11-13-47(37-49-41)59-45-20-16-43(17-21-45)57-35-33-55-31-29-53-27-25-51-23-3-22-50-24-26-52-28-30-54-32-34-56-42-14-18-44(19-15-42)58-46-12-10-40(48-36-46)8-6-38(39)4-1/h1-5,10-22,36-37H,23-35H2. The summed E-state index contributed by atoms with van der Waals surface area (Å²) >= 11 is 0. The van der Waals surface area contributed by atoms with Gasteiger partial charge >= 0.3 is 0 Å². The van der Waals surface area contributed by atoms with E-state index in [2.05, 4.69) is 33.6 Å². The zero-order valence-corrected chi connectivity index (χ0v) is 32.7. The molecular formula is C47H46N2O10. The second kappa shape index (κ2) is 25.1. The molecule has 8 bridgehead atoms. The molecule has 10 rings (SSSR count). The van der Waals surface area contributed by atoms with Crippen molar-refractivity contribution in [3.05, 3.63) is 144 Å². The highest BCUT2D eigenvalue weighted by Gasteiger charge is 2.04.